The average Bonchev–Trinajstić information content (AvgIpc) is 2.72. The third kappa shape index (κ3) is 5.97. The fourth-order valence-corrected chi connectivity index (χ4v) is 3.27. The zero-order valence-corrected chi connectivity index (χ0v) is 18.1. The maximum atomic E-state index is 14.5. The lowest BCUT2D eigenvalue weighted by atomic mass is 10.0. The lowest BCUT2D eigenvalue weighted by Crippen LogP contribution is -2.19. The first-order valence-corrected chi connectivity index (χ1v) is 10.2. The second kappa shape index (κ2) is 10.1. The maximum absolute atomic E-state index is 14.5. The van der Waals surface area contributed by atoms with Crippen LogP contribution in [0.4, 0.5) is 14.5 Å². The fraction of sp³-hybridized carbons (Fsp3) is 0.240. The van der Waals surface area contributed by atoms with Crippen LogP contribution in [-0.4, -0.2) is 23.8 Å². The lowest BCUT2D eigenvalue weighted by molar-refractivity contribution is -0.149. The molecule has 0 amide bonds. The third-order valence-corrected chi connectivity index (χ3v) is 4.68. The predicted octanol–water partition coefficient (Wildman–Crippen LogP) is 5.59. The molecule has 0 fully saturated rings. The number of halogens is 2. The smallest absolute Gasteiger partial charge is 0.344 e. The molecular weight excluding hydrogens is 416 g/mol. The Balaban J connectivity index is 1.76. The molecule has 5 nitrogen and oxygen atoms in total. The summed E-state index contributed by atoms with van der Waals surface area (Å²) in [6, 6.07) is 13.6. The molecule has 0 aromatic heterocycles. The van der Waals surface area contributed by atoms with Crippen LogP contribution in [-0.2, 0) is 16.1 Å². The van der Waals surface area contributed by atoms with Crippen LogP contribution in [0.1, 0.15) is 25.0 Å². The van der Waals surface area contributed by atoms with Crippen LogP contribution in [0.15, 0.2) is 54.6 Å². The number of hydrogen-bond donors (Lipinski definition) is 2. The molecule has 3 aromatic carbocycles. The summed E-state index contributed by atoms with van der Waals surface area (Å²) < 4.78 is 38.6. The normalized spacial score (nSPS) is 10.8. The first-order valence-electron chi connectivity index (χ1n) is 10.2. The van der Waals surface area contributed by atoms with E-state index in [1.54, 1.807) is 45.0 Å². The van der Waals surface area contributed by atoms with Gasteiger partial charge in [-0.05, 0) is 79.9 Å². The number of ether oxygens (including phenoxy) is 2. The summed E-state index contributed by atoms with van der Waals surface area (Å²) in [5.74, 6) is -1.00. The van der Waals surface area contributed by atoms with Gasteiger partial charge in [0.1, 0.15) is 23.1 Å². The minimum Gasteiger partial charge on any atom is -0.508 e. The number of nitrogens with one attached hydrogen (secondary N) is 1. The highest BCUT2D eigenvalue weighted by molar-refractivity contribution is 5.71. The monoisotopic (exact) mass is 441 g/mol. The first-order chi connectivity index (χ1) is 15.2. The molecule has 0 atom stereocenters. The van der Waals surface area contributed by atoms with Gasteiger partial charge in [0, 0.05) is 12.1 Å². The SMILES string of the molecule is Cc1c(OCC(=O)OC(C)C)ccc(F)c1NCc1cc(O)cc(-c2cccc(F)c2)c1. The highest BCUT2D eigenvalue weighted by atomic mass is 19.1. The highest BCUT2D eigenvalue weighted by Crippen LogP contribution is 2.30. The van der Waals surface area contributed by atoms with Crippen molar-refractivity contribution >= 4 is 11.7 Å². The maximum Gasteiger partial charge on any atom is 0.344 e. The van der Waals surface area contributed by atoms with Gasteiger partial charge in [0.25, 0.3) is 0 Å². The zero-order valence-electron chi connectivity index (χ0n) is 18.1. The molecule has 168 valence electrons. The van der Waals surface area contributed by atoms with Crippen molar-refractivity contribution in [2.45, 2.75) is 33.4 Å². The van der Waals surface area contributed by atoms with Gasteiger partial charge in [-0.25, -0.2) is 13.6 Å². The Hall–Kier alpha value is -3.61. The molecule has 0 saturated heterocycles. The van der Waals surface area contributed by atoms with E-state index in [1.807, 2.05) is 0 Å². The minimum absolute atomic E-state index is 0.0153. The van der Waals surface area contributed by atoms with Gasteiger partial charge in [-0.1, -0.05) is 12.1 Å². The average molecular weight is 441 g/mol. The van der Waals surface area contributed by atoms with E-state index in [0.717, 1.165) is 0 Å². The van der Waals surface area contributed by atoms with Crippen molar-refractivity contribution in [1.82, 2.24) is 0 Å². The number of carbonyl (C=O) groups excluding carboxylic acids is 1. The molecule has 32 heavy (non-hydrogen) atoms. The molecule has 2 N–H and O–H groups in total. The van der Waals surface area contributed by atoms with Crippen molar-refractivity contribution in [3.63, 3.8) is 0 Å². The van der Waals surface area contributed by atoms with E-state index in [4.69, 9.17) is 9.47 Å². The van der Waals surface area contributed by atoms with Crippen LogP contribution >= 0.6 is 0 Å². The molecule has 0 radical (unpaired) electrons. The van der Waals surface area contributed by atoms with Gasteiger partial charge in [-0.15, -0.1) is 0 Å². The molecule has 0 heterocycles. The Bertz CT molecular complexity index is 1120. The predicted molar refractivity (Wildman–Crippen MR) is 119 cm³/mol. The Morgan fingerprint density at radius 2 is 1.84 bits per heavy atom. The van der Waals surface area contributed by atoms with Crippen molar-refractivity contribution in [1.29, 1.82) is 0 Å². The summed E-state index contributed by atoms with van der Waals surface area (Å²) in [7, 11) is 0. The summed E-state index contributed by atoms with van der Waals surface area (Å²) in [4.78, 5) is 11.7. The highest BCUT2D eigenvalue weighted by Gasteiger charge is 2.14. The third-order valence-electron chi connectivity index (χ3n) is 4.68. The summed E-state index contributed by atoms with van der Waals surface area (Å²) >= 11 is 0. The molecular formula is C25H25F2NO4. The number of aromatic hydroxyl groups is 1. The van der Waals surface area contributed by atoms with Crippen LogP contribution in [0.25, 0.3) is 11.1 Å². The molecule has 3 aromatic rings. The lowest BCUT2D eigenvalue weighted by Gasteiger charge is -2.16. The second-order valence-electron chi connectivity index (χ2n) is 7.62. The largest absolute Gasteiger partial charge is 0.508 e. The van der Waals surface area contributed by atoms with Gasteiger partial charge >= 0.3 is 5.97 Å². The standard InChI is InChI=1S/C25H25F2NO4/c1-15(2)32-24(30)14-31-23-8-7-22(27)25(16(23)3)28-13-17-9-19(12-21(29)10-17)18-5-4-6-20(26)11-18/h4-12,15,28-29H,13-14H2,1-3H3. The topological polar surface area (TPSA) is 67.8 Å². The van der Waals surface area contributed by atoms with E-state index in [0.29, 0.717) is 28.0 Å². The summed E-state index contributed by atoms with van der Waals surface area (Å²) in [6.07, 6.45) is -0.253. The number of phenolic OH excluding ortho intramolecular Hbond substituents is 1. The molecule has 3 rings (SSSR count). The van der Waals surface area contributed by atoms with Gasteiger partial charge in [-0.2, -0.15) is 0 Å². The van der Waals surface area contributed by atoms with Gasteiger partial charge in [-0.3, -0.25) is 0 Å². The summed E-state index contributed by atoms with van der Waals surface area (Å²) in [5.41, 5.74) is 2.64. The number of esters is 1. The minimum atomic E-state index is -0.511. The van der Waals surface area contributed by atoms with E-state index < -0.39 is 11.8 Å². The van der Waals surface area contributed by atoms with Crippen molar-refractivity contribution in [2.75, 3.05) is 11.9 Å². The Morgan fingerprint density at radius 3 is 2.56 bits per heavy atom. The summed E-state index contributed by atoms with van der Waals surface area (Å²) in [5, 5.41) is 13.1. The molecule has 0 saturated carbocycles. The molecule has 0 aliphatic rings. The number of anilines is 1. The fourth-order valence-electron chi connectivity index (χ4n) is 3.27. The van der Waals surface area contributed by atoms with E-state index in [1.165, 1.54) is 30.3 Å². The number of carbonyl (C=O) groups is 1. The molecule has 0 spiro atoms. The van der Waals surface area contributed by atoms with Crippen LogP contribution in [0, 0.1) is 18.6 Å². The van der Waals surface area contributed by atoms with E-state index >= 15 is 0 Å². The molecule has 0 aliphatic carbocycles. The van der Waals surface area contributed by atoms with Gasteiger partial charge in [0.2, 0.25) is 0 Å². The Labute approximate surface area is 185 Å². The first kappa shape index (κ1) is 23.1. The van der Waals surface area contributed by atoms with E-state index in [-0.39, 0.29) is 36.5 Å². The van der Waals surface area contributed by atoms with Gasteiger partial charge < -0.3 is 19.9 Å². The van der Waals surface area contributed by atoms with E-state index in [9.17, 15) is 18.7 Å². The molecule has 0 unspecified atom stereocenters. The van der Waals surface area contributed by atoms with Crippen molar-refractivity contribution in [3.8, 4) is 22.6 Å². The van der Waals surface area contributed by atoms with Gasteiger partial charge in [0.05, 0.1) is 11.8 Å². The summed E-state index contributed by atoms with van der Waals surface area (Å²) in [6.45, 7) is 5.07. The molecule has 0 bridgehead atoms. The zero-order chi connectivity index (χ0) is 23.3. The van der Waals surface area contributed by atoms with Crippen LogP contribution in [0.2, 0.25) is 0 Å². The van der Waals surface area contributed by atoms with E-state index in [2.05, 4.69) is 5.32 Å². The van der Waals surface area contributed by atoms with Crippen molar-refractivity contribution in [2.24, 2.45) is 0 Å². The Morgan fingerprint density at radius 1 is 1.06 bits per heavy atom. The van der Waals surface area contributed by atoms with Crippen molar-refractivity contribution < 1.29 is 28.2 Å². The quantitative estimate of drug-likeness (QED) is 0.446. The number of hydrogen-bond acceptors (Lipinski definition) is 5. The van der Waals surface area contributed by atoms with Crippen LogP contribution < -0.4 is 10.1 Å². The molecule has 7 heteroatoms. The number of benzene rings is 3. The van der Waals surface area contributed by atoms with Gasteiger partial charge in [0.15, 0.2) is 6.61 Å². The number of phenols is 1. The van der Waals surface area contributed by atoms with Crippen molar-refractivity contribution in [3.05, 3.63) is 77.4 Å². The second-order valence-corrected chi connectivity index (χ2v) is 7.62. The van der Waals surface area contributed by atoms with Crippen LogP contribution in [0.3, 0.4) is 0 Å². The van der Waals surface area contributed by atoms with Crippen LogP contribution in [0.5, 0.6) is 11.5 Å². The number of rotatable bonds is 8. The Kier molecular flexibility index (Phi) is 7.30. The molecule has 0 aliphatic heterocycles.